The molecule has 1 atom stereocenters. The van der Waals surface area contributed by atoms with E-state index in [-0.39, 0.29) is 5.75 Å². The molecule has 2 aromatic rings. The molecule has 1 N–H and O–H groups in total. The second kappa shape index (κ2) is 7.70. The monoisotopic (exact) mass is 349 g/mol. The summed E-state index contributed by atoms with van der Waals surface area (Å²) in [5, 5.41) is 1.56. The van der Waals surface area contributed by atoms with Crippen LogP contribution < -0.4 is 5.32 Å². The Labute approximate surface area is 142 Å². The highest BCUT2D eigenvalue weighted by molar-refractivity contribution is 7.92. The Kier molecular flexibility index (Phi) is 5.88. The molecule has 0 unspecified atom stereocenters. The lowest BCUT2D eigenvalue weighted by molar-refractivity contribution is -0.120. The normalized spacial score (nSPS) is 13.0. The van der Waals surface area contributed by atoms with Crippen molar-refractivity contribution in [1.82, 2.24) is 15.3 Å². The van der Waals surface area contributed by atoms with Gasteiger partial charge in [0.05, 0.1) is 28.2 Å². The van der Waals surface area contributed by atoms with Gasteiger partial charge in [-0.3, -0.25) is 4.79 Å². The third kappa shape index (κ3) is 4.29. The molecule has 1 aromatic heterocycles. The number of nitrogens with zero attached hydrogens (tertiary/aromatic N) is 2. The number of carbonyl (C=O) groups excluding carboxylic acids is 1. The second-order valence-corrected chi connectivity index (χ2v) is 8.16. The number of para-hydroxylation sites is 2. The molecule has 1 aromatic carbocycles. The van der Waals surface area contributed by atoms with Gasteiger partial charge >= 0.3 is 0 Å². The standard InChI is InChI=1S/C17H23N3O3S/c1-4-5-10-18-17(21)13(3)24(22,23)11-16-12(2)19-14-8-6-7-9-15(14)20-16/h6-9,13H,4-5,10-11H2,1-3H3,(H,18,21)/t13-/m1/s1. The van der Waals surface area contributed by atoms with Crippen molar-refractivity contribution in [2.75, 3.05) is 6.54 Å². The first-order valence-corrected chi connectivity index (χ1v) is 9.78. The van der Waals surface area contributed by atoms with Gasteiger partial charge in [0.15, 0.2) is 9.84 Å². The number of benzene rings is 1. The minimum atomic E-state index is -3.66. The Bertz CT molecular complexity index is 834. The van der Waals surface area contributed by atoms with Crippen molar-refractivity contribution in [3.8, 4) is 0 Å². The molecule has 0 bridgehead atoms. The zero-order valence-corrected chi connectivity index (χ0v) is 15.1. The molecule has 0 aliphatic heterocycles. The Morgan fingerprint density at radius 1 is 1.21 bits per heavy atom. The number of fused-ring (bicyclic) bond motifs is 1. The molecule has 0 radical (unpaired) electrons. The smallest absolute Gasteiger partial charge is 0.238 e. The molecule has 24 heavy (non-hydrogen) atoms. The van der Waals surface area contributed by atoms with Crippen molar-refractivity contribution in [2.24, 2.45) is 0 Å². The number of unbranched alkanes of at least 4 members (excludes halogenated alkanes) is 1. The highest BCUT2D eigenvalue weighted by Crippen LogP contribution is 2.16. The minimum absolute atomic E-state index is 0.293. The molecular formula is C17H23N3O3S. The zero-order valence-electron chi connectivity index (χ0n) is 14.2. The number of amides is 1. The van der Waals surface area contributed by atoms with Crippen LogP contribution in [0.15, 0.2) is 24.3 Å². The fourth-order valence-corrected chi connectivity index (χ4v) is 3.59. The van der Waals surface area contributed by atoms with E-state index >= 15 is 0 Å². The molecule has 0 saturated carbocycles. The number of aryl methyl sites for hydroxylation is 1. The van der Waals surface area contributed by atoms with Gasteiger partial charge in [-0.05, 0) is 32.4 Å². The number of hydrogen-bond donors (Lipinski definition) is 1. The van der Waals surface area contributed by atoms with Crippen LogP contribution in [0.5, 0.6) is 0 Å². The Morgan fingerprint density at radius 2 is 1.83 bits per heavy atom. The van der Waals surface area contributed by atoms with Crippen LogP contribution in [0.2, 0.25) is 0 Å². The number of nitrogens with one attached hydrogen (secondary N) is 1. The Hall–Kier alpha value is -2.02. The molecule has 0 aliphatic carbocycles. The van der Waals surface area contributed by atoms with Gasteiger partial charge in [0.1, 0.15) is 5.25 Å². The lowest BCUT2D eigenvalue weighted by atomic mass is 10.2. The fourth-order valence-electron chi connectivity index (χ4n) is 2.27. The van der Waals surface area contributed by atoms with E-state index in [1.165, 1.54) is 6.92 Å². The summed E-state index contributed by atoms with van der Waals surface area (Å²) in [5.41, 5.74) is 2.33. The van der Waals surface area contributed by atoms with Gasteiger partial charge in [0, 0.05) is 6.54 Å². The molecule has 0 spiro atoms. The van der Waals surface area contributed by atoms with Crippen molar-refractivity contribution in [3.63, 3.8) is 0 Å². The maximum absolute atomic E-state index is 12.5. The summed E-state index contributed by atoms with van der Waals surface area (Å²) in [5.74, 6) is -0.756. The van der Waals surface area contributed by atoms with Gasteiger partial charge in [-0.1, -0.05) is 25.5 Å². The average molecular weight is 349 g/mol. The third-order valence-corrected chi connectivity index (χ3v) is 5.89. The molecule has 7 heteroatoms. The molecule has 6 nitrogen and oxygen atoms in total. The van der Waals surface area contributed by atoms with Gasteiger partial charge in [0.25, 0.3) is 0 Å². The highest BCUT2D eigenvalue weighted by Gasteiger charge is 2.29. The van der Waals surface area contributed by atoms with Crippen LogP contribution in [0.25, 0.3) is 11.0 Å². The van der Waals surface area contributed by atoms with Crippen molar-refractivity contribution in [3.05, 3.63) is 35.7 Å². The summed E-state index contributed by atoms with van der Waals surface area (Å²) in [6.45, 7) is 5.65. The van der Waals surface area contributed by atoms with E-state index in [4.69, 9.17) is 0 Å². The second-order valence-electron chi connectivity index (χ2n) is 5.84. The van der Waals surface area contributed by atoms with E-state index in [1.807, 2.05) is 25.1 Å². The van der Waals surface area contributed by atoms with Gasteiger partial charge in [-0.15, -0.1) is 0 Å². The summed E-state index contributed by atoms with van der Waals surface area (Å²) < 4.78 is 25.1. The van der Waals surface area contributed by atoms with E-state index in [9.17, 15) is 13.2 Å². The Morgan fingerprint density at radius 3 is 2.46 bits per heavy atom. The van der Waals surface area contributed by atoms with Crippen molar-refractivity contribution in [1.29, 1.82) is 0 Å². The maximum atomic E-state index is 12.5. The van der Waals surface area contributed by atoms with Crippen molar-refractivity contribution < 1.29 is 13.2 Å². The molecular weight excluding hydrogens is 326 g/mol. The largest absolute Gasteiger partial charge is 0.355 e. The van der Waals surface area contributed by atoms with Crippen LogP contribution in [0.1, 0.15) is 38.1 Å². The van der Waals surface area contributed by atoms with Crippen molar-refractivity contribution in [2.45, 2.75) is 44.6 Å². The molecule has 0 fully saturated rings. The predicted molar refractivity (Wildman–Crippen MR) is 94.3 cm³/mol. The average Bonchev–Trinajstić information content (AvgIpc) is 2.54. The summed E-state index contributed by atoms with van der Waals surface area (Å²) in [7, 11) is -3.66. The van der Waals surface area contributed by atoms with Crippen LogP contribution in [-0.4, -0.2) is 36.1 Å². The summed E-state index contributed by atoms with van der Waals surface area (Å²) in [6, 6.07) is 7.31. The lowest BCUT2D eigenvalue weighted by Crippen LogP contribution is -2.39. The quantitative estimate of drug-likeness (QED) is 0.774. The van der Waals surface area contributed by atoms with E-state index in [0.29, 0.717) is 23.4 Å². The molecule has 2 rings (SSSR count). The lowest BCUT2D eigenvalue weighted by Gasteiger charge is -2.14. The minimum Gasteiger partial charge on any atom is -0.355 e. The first kappa shape index (κ1) is 18.3. The molecule has 1 heterocycles. The summed E-state index contributed by atoms with van der Waals surface area (Å²) in [6.07, 6.45) is 1.76. The van der Waals surface area contributed by atoms with Gasteiger partial charge in [-0.2, -0.15) is 0 Å². The summed E-state index contributed by atoms with van der Waals surface area (Å²) >= 11 is 0. The molecule has 0 aliphatic rings. The third-order valence-electron chi connectivity index (χ3n) is 3.92. The number of rotatable bonds is 7. The first-order chi connectivity index (χ1) is 11.3. The van der Waals surface area contributed by atoms with Gasteiger partial charge < -0.3 is 5.32 Å². The number of carbonyl (C=O) groups is 1. The summed E-state index contributed by atoms with van der Waals surface area (Å²) in [4.78, 5) is 20.8. The van der Waals surface area contributed by atoms with Gasteiger partial charge in [0.2, 0.25) is 5.91 Å². The number of aromatic nitrogens is 2. The van der Waals surface area contributed by atoms with E-state index < -0.39 is 21.0 Å². The highest BCUT2D eigenvalue weighted by atomic mass is 32.2. The fraction of sp³-hybridized carbons (Fsp3) is 0.471. The van der Waals surface area contributed by atoms with Crippen molar-refractivity contribution >= 4 is 26.8 Å². The predicted octanol–water partition coefficient (Wildman–Crippen LogP) is 2.16. The topological polar surface area (TPSA) is 89.0 Å². The number of hydrogen-bond acceptors (Lipinski definition) is 5. The van der Waals surface area contributed by atoms with Crippen LogP contribution in [-0.2, 0) is 20.4 Å². The SMILES string of the molecule is CCCCNC(=O)[C@@H](C)S(=O)(=O)Cc1nc2ccccc2nc1C. The molecule has 0 saturated heterocycles. The van der Waals surface area contributed by atoms with Crippen LogP contribution in [0.3, 0.4) is 0 Å². The van der Waals surface area contributed by atoms with Gasteiger partial charge in [-0.25, -0.2) is 18.4 Å². The van der Waals surface area contributed by atoms with E-state index in [0.717, 1.165) is 18.4 Å². The van der Waals surface area contributed by atoms with Crippen LogP contribution in [0.4, 0.5) is 0 Å². The molecule has 1 amide bonds. The first-order valence-electron chi connectivity index (χ1n) is 8.06. The maximum Gasteiger partial charge on any atom is 0.238 e. The van der Waals surface area contributed by atoms with E-state index in [2.05, 4.69) is 15.3 Å². The Balaban J connectivity index is 2.19. The zero-order chi connectivity index (χ0) is 17.7. The molecule has 130 valence electrons. The van der Waals surface area contributed by atoms with E-state index in [1.54, 1.807) is 13.0 Å². The van der Waals surface area contributed by atoms with Crippen LogP contribution >= 0.6 is 0 Å². The van der Waals surface area contributed by atoms with Crippen LogP contribution in [0, 0.1) is 6.92 Å². The number of sulfone groups is 1.